The molecule has 2 aromatic rings. The lowest BCUT2D eigenvalue weighted by Crippen LogP contribution is -2.46. The van der Waals surface area contributed by atoms with Gasteiger partial charge in [0.1, 0.15) is 0 Å². The summed E-state index contributed by atoms with van der Waals surface area (Å²) in [6.45, 7) is 1.13. The summed E-state index contributed by atoms with van der Waals surface area (Å²) in [5, 5.41) is 1.02. The molecule has 0 saturated carbocycles. The Morgan fingerprint density at radius 2 is 1.82 bits per heavy atom. The summed E-state index contributed by atoms with van der Waals surface area (Å²) in [5.41, 5.74) is 2.03. The van der Waals surface area contributed by atoms with Crippen molar-refractivity contribution in [3.63, 3.8) is 0 Å². The van der Waals surface area contributed by atoms with Gasteiger partial charge in [0.15, 0.2) is 0 Å². The zero-order chi connectivity index (χ0) is 20.0. The van der Waals surface area contributed by atoms with Crippen LogP contribution in [0.4, 0.5) is 4.79 Å². The van der Waals surface area contributed by atoms with Gasteiger partial charge in [0, 0.05) is 17.6 Å². The van der Waals surface area contributed by atoms with Gasteiger partial charge >= 0.3 is 6.03 Å². The molecule has 0 aromatic heterocycles. The van der Waals surface area contributed by atoms with E-state index in [4.69, 9.17) is 0 Å². The van der Waals surface area contributed by atoms with E-state index in [1.54, 1.807) is 17.0 Å². The van der Waals surface area contributed by atoms with Crippen LogP contribution in [0.2, 0.25) is 0 Å². The number of carbonyl (C=O) groups is 1. The van der Waals surface area contributed by atoms with E-state index < -0.39 is 16.1 Å². The summed E-state index contributed by atoms with van der Waals surface area (Å²) in [7, 11) is -3.84. The number of hydrogen-bond acceptors (Lipinski definition) is 3. The van der Waals surface area contributed by atoms with E-state index >= 15 is 0 Å². The van der Waals surface area contributed by atoms with Gasteiger partial charge in [-0.2, -0.15) is 0 Å². The molecule has 1 fully saturated rings. The third-order valence-corrected chi connectivity index (χ3v) is 6.23. The Morgan fingerprint density at radius 1 is 1.11 bits per heavy atom. The Balaban J connectivity index is 1.50. The number of hydrogen-bond donors (Lipinski definition) is 1. The quantitative estimate of drug-likeness (QED) is 0.714. The van der Waals surface area contributed by atoms with Crippen LogP contribution in [-0.4, -0.2) is 32.4 Å². The summed E-state index contributed by atoms with van der Waals surface area (Å²) in [6.07, 6.45) is 4.20. The summed E-state index contributed by atoms with van der Waals surface area (Å²) < 4.78 is 27.4. The summed E-state index contributed by atoms with van der Waals surface area (Å²) in [4.78, 5) is 13.9. The molecule has 1 aliphatic heterocycles. The highest BCUT2D eigenvalue weighted by atomic mass is 79.9. The van der Waals surface area contributed by atoms with Crippen LogP contribution in [0.25, 0.3) is 6.08 Å². The number of carbonyl (C=O) groups excluding carboxylic acids is 1. The van der Waals surface area contributed by atoms with Crippen molar-refractivity contribution in [1.82, 2.24) is 9.62 Å². The molecular weight excluding hydrogens is 440 g/mol. The van der Waals surface area contributed by atoms with Crippen LogP contribution in [0.15, 0.2) is 64.5 Å². The molecule has 28 heavy (non-hydrogen) atoms. The second kappa shape index (κ2) is 9.39. The predicted molar refractivity (Wildman–Crippen MR) is 115 cm³/mol. The number of benzene rings is 2. The number of nitrogens with zero attached hydrogens (tertiary/aromatic N) is 1. The summed E-state index contributed by atoms with van der Waals surface area (Å²) >= 11 is 3.34. The van der Waals surface area contributed by atoms with Gasteiger partial charge in [-0.25, -0.2) is 17.9 Å². The van der Waals surface area contributed by atoms with Gasteiger partial charge in [-0.15, -0.1) is 0 Å². The van der Waals surface area contributed by atoms with Gasteiger partial charge in [0.05, 0.1) is 5.41 Å². The number of nitrogens with one attached hydrogen (secondary N) is 1. The largest absolute Gasteiger partial charge is 0.331 e. The van der Waals surface area contributed by atoms with Gasteiger partial charge in [0.25, 0.3) is 10.0 Å². The zero-order valence-corrected chi connectivity index (χ0v) is 17.8. The molecule has 0 aliphatic carbocycles. The first-order chi connectivity index (χ1) is 13.4. The van der Waals surface area contributed by atoms with Gasteiger partial charge in [-0.1, -0.05) is 58.4 Å². The number of likely N-dealkylation sites (tertiary alicyclic amines) is 1. The minimum absolute atomic E-state index is 0.513. The lowest BCUT2D eigenvalue weighted by atomic mass is 9.90. The number of piperidine rings is 1. The molecule has 2 amide bonds. The number of amides is 2. The average molecular weight is 463 g/mol. The van der Waals surface area contributed by atoms with Crippen molar-refractivity contribution < 1.29 is 13.2 Å². The molecule has 148 valence electrons. The standard InChI is InChI=1S/C21H23BrN2O3S/c22-20-8-4-7-18(16-20)11-14-28(26,27)23-21(25)24-12-9-19(10-13-24)15-17-5-2-1-3-6-17/h1-8,11,14,16,19H,9-10,12-13,15H2,(H,23,25)/b14-11+. The van der Waals surface area contributed by atoms with E-state index in [0.717, 1.165) is 34.7 Å². The summed E-state index contributed by atoms with van der Waals surface area (Å²) in [5.74, 6) is 0.513. The van der Waals surface area contributed by atoms with Crippen molar-refractivity contribution in [2.24, 2.45) is 5.92 Å². The Hall–Kier alpha value is -2.12. The lowest BCUT2D eigenvalue weighted by Gasteiger charge is -2.31. The normalized spacial score (nSPS) is 15.7. The maximum atomic E-state index is 12.3. The van der Waals surface area contributed by atoms with Crippen LogP contribution in [0.3, 0.4) is 0 Å². The molecule has 0 unspecified atom stereocenters. The maximum absolute atomic E-state index is 12.3. The van der Waals surface area contributed by atoms with Crippen molar-refractivity contribution in [2.75, 3.05) is 13.1 Å². The Bertz CT molecular complexity index is 937. The van der Waals surface area contributed by atoms with Crippen LogP contribution in [0.5, 0.6) is 0 Å². The third-order valence-electron chi connectivity index (χ3n) is 4.79. The second-order valence-corrected chi connectivity index (χ2v) is 9.41. The van der Waals surface area contributed by atoms with E-state index in [0.29, 0.717) is 19.0 Å². The Morgan fingerprint density at radius 3 is 2.50 bits per heavy atom. The second-order valence-electron chi connectivity index (χ2n) is 6.93. The minimum Gasteiger partial charge on any atom is -0.324 e. The monoisotopic (exact) mass is 462 g/mol. The van der Waals surface area contributed by atoms with Crippen LogP contribution >= 0.6 is 15.9 Å². The molecule has 2 aromatic carbocycles. The van der Waals surface area contributed by atoms with Crippen molar-refractivity contribution in [1.29, 1.82) is 0 Å². The van der Waals surface area contributed by atoms with Crippen molar-refractivity contribution in [3.8, 4) is 0 Å². The van der Waals surface area contributed by atoms with E-state index in [-0.39, 0.29) is 0 Å². The number of rotatable bonds is 5. The first-order valence-corrected chi connectivity index (χ1v) is 11.5. The molecule has 1 heterocycles. The number of halogens is 1. The molecule has 0 spiro atoms. The van der Waals surface area contributed by atoms with E-state index in [2.05, 4.69) is 32.8 Å². The fourth-order valence-corrected chi connectivity index (χ4v) is 4.48. The summed E-state index contributed by atoms with van der Waals surface area (Å²) in [6, 6.07) is 17.0. The van der Waals surface area contributed by atoms with Crippen LogP contribution in [0.1, 0.15) is 24.0 Å². The van der Waals surface area contributed by atoms with Crippen LogP contribution < -0.4 is 4.72 Å². The highest BCUT2D eigenvalue weighted by Crippen LogP contribution is 2.21. The molecule has 5 nitrogen and oxygen atoms in total. The molecule has 1 aliphatic rings. The zero-order valence-electron chi connectivity index (χ0n) is 15.4. The van der Waals surface area contributed by atoms with Gasteiger partial charge in [-0.3, -0.25) is 0 Å². The molecule has 3 rings (SSSR count). The van der Waals surface area contributed by atoms with E-state index in [1.165, 1.54) is 11.6 Å². The first kappa shape index (κ1) is 20.6. The third kappa shape index (κ3) is 6.21. The first-order valence-electron chi connectivity index (χ1n) is 9.20. The van der Waals surface area contributed by atoms with Gasteiger partial charge in [-0.05, 0) is 54.5 Å². The highest BCUT2D eigenvalue weighted by molar-refractivity contribution is 9.10. The SMILES string of the molecule is O=C(NS(=O)(=O)/C=C/c1cccc(Br)c1)N1CCC(Cc2ccccc2)CC1. The highest BCUT2D eigenvalue weighted by Gasteiger charge is 2.24. The van der Waals surface area contributed by atoms with E-state index in [1.807, 2.05) is 30.3 Å². The topological polar surface area (TPSA) is 66.5 Å². The lowest BCUT2D eigenvalue weighted by molar-refractivity contribution is 0.175. The minimum atomic E-state index is -3.84. The van der Waals surface area contributed by atoms with Gasteiger partial charge < -0.3 is 4.90 Å². The van der Waals surface area contributed by atoms with E-state index in [9.17, 15) is 13.2 Å². The van der Waals surface area contributed by atoms with Crippen LogP contribution in [0, 0.1) is 5.92 Å². The molecule has 0 bridgehead atoms. The maximum Gasteiger partial charge on any atom is 0.331 e. The van der Waals surface area contributed by atoms with Crippen molar-refractivity contribution in [2.45, 2.75) is 19.3 Å². The van der Waals surface area contributed by atoms with Crippen molar-refractivity contribution >= 4 is 38.1 Å². The molecule has 0 radical (unpaired) electrons. The number of sulfonamides is 1. The molecule has 7 heteroatoms. The molecule has 1 saturated heterocycles. The van der Waals surface area contributed by atoms with Crippen molar-refractivity contribution in [3.05, 3.63) is 75.6 Å². The van der Waals surface area contributed by atoms with Gasteiger partial charge in [0.2, 0.25) is 0 Å². The predicted octanol–water partition coefficient (Wildman–Crippen LogP) is 4.41. The fourth-order valence-electron chi connectivity index (χ4n) is 3.29. The van der Waals surface area contributed by atoms with Crippen LogP contribution in [-0.2, 0) is 16.4 Å². The fraction of sp³-hybridized carbons (Fsp3) is 0.286. The average Bonchev–Trinajstić information content (AvgIpc) is 2.68. The smallest absolute Gasteiger partial charge is 0.324 e. The number of urea groups is 1. The molecular formula is C21H23BrN2O3S. The molecule has 1 N–H and O–H groups in total. The molecule has 0 atom stereocenters. The Labute approximate surface area is 174 Å². The Kier molecular flexibility index (Phi) is 6.91.